The number of benzene rings is 1. The van der Waals surface area contributed by atoms with Crippen molar-refractivity contribution < 1.29 is 14.9 Å². The van der Waals surface area contributed by atoms with Gasteiger partial charge in [0, 0.05) is 37.0 Å². The maximum atomic E-state index is 11.0. The van der Waals surface area contributed by atoms with Crippen molar-refractivity contribution in [1.82, 2.24) is 0 Å². The lowest BCUT2D eigenvalue weighted by atomic mass is 9.41. The summed E-state index contributed by atoms with van der Waals surface area (Å²) in [5.74, 6) is 1.64. The van der Waals surface area contributed by atoms with Gasteiger partial charge >= 0.3 is 0 Å². The highest BCUT2D eigenvalue weighted by Gasteiger charge is 2.62. The molecular formula is C25H39NO3. The predicted octanol–water partition coefficient (Wildman–Crippen LogP) is 4.73. The third-order valence-corrected chi connectivity index (χ3v) is 7.88. The lowest BCUT2D eigenvalue weighted by molar-refractivity contribution is -0.148. The zero-order valence-corrected chi connectivity index (χ0v) is 19.2. The fourth-order valence-corrected chi connectivity index (χ4v) is 5.69. The van der Waals surface area contributed by atoms with Crippen LogP contribution in [-0.2, 0) is 16.6 Å². The zero-order valence-electron chi connectivity index (χ0n) is 19.2. The summed E-state index contributed by atoms with van der Waals surface area (Å²) >= 11 is 0. The Kier molecular flexibility index (Phi) is 5.92. The second kappa shape index (κ2) is 7.70. The van der Waals surface area contributed by atoms with E-state index in [1.54, 1.807) is 7.11 Å². The number of nitrogens with zero attached hydrogens (tertiary/aromatic N) is 1. The molecule has 0 aliphatic heterocycles. The monoisotopic (exact) mass is 401 g/mol. The van der Waals surface area contributed by atoms with Gasteiger partial charge in [0.15, 0.2) is 0 Å². The predicted molar refractivity (Wildman–Crippen MR) is 119 cm³/mol. The number of aromatic hydroxyl groups is 1. The number of phenols is 1. The molecule has 3 fully saturated rings. The molecule has 0 radical (unpaired) electrons. The second-order valence-electron chi connectivity index (χ2n) is 11.0. The van der Waals surface area contributed by atoms with E-state index in [9.17, 15) is 10.2 Å². The molecular weight excluding hydrogens is 362 g/mol. The minimum Gasteiger partial charge on any atom is -0.507 e. The first-order chi connectivity index (χ1) is 13.4. The molecule has 0 heterocycles. The van der Waals surface area contributed by atoms with E-state index >= 15 is 0 Å². The van der Waals surface area contributed by atoms with E-state index < -0.39 is 0 Å². The number of methoxy groups -OCH3 is 1. The molecule has 0 saturated heterocycles. The molecule has 2 bridgehead atoms. The molecule has 162 valence electrons. The van der Waals surface area contributed by atoms with E-state index in [2.05, 4.69) is 47.6 Å². The summed E-state index contributed by atoms with van der Waals surface area (Å²) in [7, 11) is 1.71. The number of aliphatic hydroxyl groups excluding tert-OH is 1. The molecule has 0 amide bonds. The van der Waals surface area contributed by atoms with E-state index in [1.165, 1.54) is 6.42 Å². The molecule has 1 aromatic rings. The first kappa shape index (κ1) is 22.3. The lowest BCUT2D eigenvalue weighted by Gasteiger charge is -2.65. The SMILES string of the molecule is COCCc1cc(C=N[C@]2(C)[C@H](CO)C[C@@H]3C[C@H]2C3(C)C)c(O)c(C(C)(C)C)c1. The Hall–Kier alpha value is -1.39. The van der Waals surface area contributed by atoms with Gasteiger partial charge in [-0.2, -0.15) is 0 Å². The Bertz CT molecular complexity index is 777. The number of hydrogen-bond acceptors (Lipinski definition) is 4. The first-order valence-electron chi connectivity index (χ1n) is 11.0. The van der Waals surface area contributed by atoms with Crippen LogP contribution in [0, 0.1) is 23.2 Å². The molecule has 3 aliphatic carbocycles. The van der Waals surface area contributed by atoms with Gasteiger partial charge in [0.2, 0.25) is 0 Å². The highest BCUT2D eigenvalue weighted by molar-refractivity contribution is 5.85. The highest BCUT2D eigenvalue weighted by atomic mass is 16.5. The van der Waals surface area contributed by atoms with Crippen LogP contribution in [0.2, 0.25) is 0 Å². The van der Waals surface area contributed by atoms with Crippen LogP contribution in [-0.4, -0.2) is 42.3 Å². The summed E-state index contributed by atoms with van der Waals surface area (Å²) in [5, 5.41) is 21.1. The number of rotatable bonds is 6. The van der Waals surface area contributed by atoms with Crippen LogP contribution in [0.3, 0.4) is 0 Å². The summed E-state index contributed by atoms with van der Waals surface area (Å²) in [6.07, 6.45) is 4.87. The summed E-state index contributed by atoms with van der Waals surface area (Å²) in [5.41, 5.74) is 2.64. The van der Waals surface area contributed by atoms with Crippen molar-refractivity contribution in [3.8, 4) is 5.75 Å². The largest absolute Gasteiger partial charge is 0.507 e. The van der Waals surface area contributed by atoms with E-state index in [0.717, 1.165) is 29.5 Å². The van der Waals surface area contributed by atoms with Gasteiger partial charge in [-0.1, -0.05) is 40.7 Å². The molecule has 3 aliphatic rings. The van der Waals surface area contributed by atoms with Crippen molar-refractivity contribution in [1.29, 1.82) is 0 Å². The summed E-state index contributed by atoms with van der Waals surface area (Å²) in [6.45, 7) is 14.0. The fraction of sp³-hybridized carbons (Fsp3) is 0.720. The average Bonchev–Trinajstić information content (AvgIpc) is 2.64. The Morgan fingerprint density at radius 2 is 1.90 bits per heavy atom. The third-order valence-electron chi connectivity index (χ3n) is 7.88. The number of aliphatic imine (C=N–C) groups is 1. The van der Waals surface area contributed by atoms with E-state index in [-0.39, 0.29) is 28.9 Å². The molecule has 4 heteroatoms. The zero-order chi connectivity index (χ0) is 21.6. The van der Waals surface area contributed by atoms with Crippen molar-refractivity contribution >= 4 is 6.21 Å². The average molecular weight is 402 g/mol. The Morgan fingerprint density at radius 3 is 2.45 bits per heavy atom. The Morgan fingerprint density at radius 1 is 1.21 bits per heavy atom. The number of fused-ring (bicyclic) bond motifs is 2. The fourth-order valence-electron chi connectivity index (χ4n) is 5.69. The Balaban J connectivity index is 2.00. The molecule has 29 heavy (non-hydrogen) atoms. The van der Waals surface area contributed by atoms with E-state index in [0.29, 0.717) is 24.2 Å². The normalized spacial score (nSPS) is 31.1. The topological polar surface area (TPSA) is 62.0 Å². The number of phenolic OH excluding ortho intramolecular Hbond substituents is 1. The van der Waals surface area contributed by atoms with Crippen molar-refractivity contribution in [2.24, 2.45) is 28.2 Å². The molecule has 4 rings (SSSR count). The van der Waals surface area contributed by atoms with Crippen LogP contribution < -0.4 is 0 Å². The first-order valence-corrected chi connectivity index (χ1v) is 11.0. The summed E-state index contributed by atoms with van der Waals surface area (Å²) in [6, 6.07) is 4.12. The smallest absolute Gasteiger partial charge is 0.128 e. The standard InChI is InChI=1S/C25H39NO3/c1-23(2,3)20-11-16(8-9-29-7)10-17(22(20)28)14-26-25(6)19(15-27)12-18-13-21(25)24(18,4)5/h10-11,14,18-19,21,27-28H,8-9,12-13,15H2,1-7H3/t18-,19+,21+,25-/m1/s1. The van der Waals surface area contributed by atoms with Gasteiger partial charge in [-0.15, -0.1) is 0 Å². The van der Waals surface area contributed by atoms with Crippen molar-refractivity contribution in [2.45, 2.75) is 71.8 Å². The molecule has 0 aromatic heterocycles. The lowest BCUT2D eigenvalue weighted by Crippen LogP contribution is -2.64. The molecule has 4 nitrogen and oxygen atoms in total. The van der Waals surface area contributed by atoms with Gasteiger partial charge in [0.25, 0.3) is 0 Å². The number of ether oxygens (including phenoxy) is 1. The molecule has 3 saturated carbocycles. The molecule has 0 spiro atoms. The van der Waals surface area contributed by atoms with Gasteiger partial charge in [0.05, 0.1) is 12.1 Å². The number of hydrogen-bond donors (Lipinski definition) is 2. The van der Waals surface area contributed by atoms with Gasteiger partial charge < -0.3 is 14.9 Å². The van der Waals surface area contributed by atoms with Crippen LogP contribution in [0.15, 0.2) is 17.1 Å². The van der Waals surface area contributed by atoms with Crippen molar-refractivity contribution in [3.05, 3.63) is 28.8 Å². The Labute approximate surface area is 176 Å². The molecule has 0 unspecified atom stereocenters. The van der Waals surface area contributed by atoms with Crippen LogP contribution in [0.5, 0.6) is 5.75 Å². The van der Waals surface area contributed by atoms with Crippen LogP contribution in [0.25, 0.3) is 0 Å². The second-order valence-corrected chi connectivity index (χ2v) is 11.0. The molecule has 2 N–H and O–H groups in total. The minimum atomic E-state index is -0.302. The van der Waals surface area contributed by atoms with Gasteiger partial charge in [-0.05, 0) is 60.5 Å². The third kappa shape index (κ3) is 3.86. The maximum absolute atomic E-state index is 11.0. The van der Waals surface area contributed by atoms with E-state index in [1.807, 2.05) is 12.3 Å². The van der Waals surface area contributed by atoms with Crippen LogP contribution in [0.1, 0.15) is 71.1 Å². The summed E-state index contributed by atoms with van der Waals surface area (Å²) < 4.78 is 5.26. The minimum absolute atomic E-state index is 0.165. The van der Waals surface area contributed by atoms with Gasteiger partial charge in [0.1, 0.15) is 5.75 Å². The maximum Gasteiger partial charge on any atom is 0.128 e. The van der Waals surface area contributed by atoms with Gasteiger partial charge in [-0.3, -0.25) is 4.99 Å². The van der Waals surface area contributed by atoms with Crippen molar-refractivity contribution in [3.63, 3.8) is 0 Å². The molecule has 1 aromatic carbocycles. The highest BCUT2D eigenvalue weighted by Crippen LogP contribution is 2.65. The molecule has 4 atom stereocenters. The number of aliphatic hydroxyl groups is 1. The van der Waals surface area contributed by atoms with Crippen LogP contribution >= 0.6 is 0 Å². The quantitative estimate of drug-likeness (QED) is 0.677. The summed E-state index contributed by atoms with van der Waals surface area (Å²) in [4.78, 5) is 5.08. The van der Waals surface area contributed by atoms with E-state index in [4.69, 9.17) is 9.73 Å². The van der Waals surface area contributed by atoms with Crippen LogP contribution in [0.4, 0.5) is 0 Å². The van der Waals surface area contributed by atoms with Crippen molar-refractivity contribution in [2.75, 3.05) is 20.3 Å². The van der Waals surface area contributed by atoms with Gasteiger partial charge in [-0.25, -0.2) is 0 Å².